The molecule has 0 radical (unpaired) electrons. The van der Waals surface area contributed by atoms with Gasteiger partial charge < -0.3 is 8.98 Å². The molecule has 0 aliphatic heterocycles. The van der Waals surface area contributed by atoms with E-state index < -0.39 is 18.1 Å². The summed E-state index contributed by atoms with van der Waals surface area (Å²) in [7, 11) is 0. The number of hydrogen-bond donors (Lipinski definition) is 0. The summed E-state index contributed by atoms with van der Waals surface area (Å²) in [6.45, 7) is 0. The van der Waals surface area contributed by atoms with Gasteiger partial charge in [0.05, 0.1) is 23.5 Å². The average molecular weight is 796 g/mol. The van der Waals surface area contributed by atoms with Crippen LogP contribution in [0.5, 0.6) is 0 Å². The molecule has 5 nitrogen and oxygen atoms in total. The van der Waals surface area contributed by atoms with Crippen molar-refractivity contribution in [2.24, 2.45) is 0 Å². The van der Waals surface area contributed by atoms with E-state index in [4.69, 9.17) is 26.2 Å². The third kappa shape index (κ3) is 5.25. The summed E-state index contributed by atoms with van der Waals surface area (Å²) in [5.41, 5.74) is 6.79. The summed E-state index contributed by atoms with van der Waals surface area (Å²) < 4.78 is 51.7. The fourth-order valence-corrected chi connectivity index (χ4v) is 9.38. The minimum Gasteiger partial charge on any atom is -0.455 e. The Morgan fingerprint density at radius 2 is 0.952 bits per heavy atom. The molecule has 62 heavy (non-hydrogen) atoms. The molecule has 5 heteroatoms. The highest BCUT2D eigenvalue weighted by Gasteiger charge is 2.23. The summed E-state index contributed by atoms with van der Waals surface area (Å²) in [5, 5.41) is 10.5. The van der Waals surface area contributed by atoms with Crippen molar-refractivity contribution >= 4 is 76.1 Å². The van der Waals surface area contributed by atoms with Crippen molar-refractivity contribution in [3.8, 4) is 51.0 Å². The van der Waals surface area contributed by atoms with Gasteiger partial charge in [0.25, 0.3) is 0 Å². The highest BCUT2D eigenvalue weighted by Crippen LogP contribution is 2.43. The maximum atomic E-state index is 8.76. The number of fused-ring (bicyclic) bond motifs is 12. The highest BCUT2D eigenvalue weighted by molar-refractivity contribution is 6.28. The molecule has 0 saturated carbocycles. The van der Waals surface area contributed by atoms with Crippen LogP contribution in [0.15, 0.2) is 211 Å². The molecule has 0 saturated heterocycles. The van der Waals surface area contributed by atoms with Crippen LogP contribution < -0.4 is 0 Å². The predicted octanol–water partition coefficient (Wildman–Crippen LogP) is 15.0. The number of aromatic nitrogens is 4. The van der Waals surface area contributed by atoms with Gasteiger partial charge in [0.1, 0.15) is 11.2 Å². The molecule has 3 aromatic heterocycles. The zero-order valence-corrected chi connectivity index (χ0v) is 32.9. The van der Waals surface area contributed by atoms with Crippen LogP contribution in [0.3, 0.4) is 0 Å². The number of hydrogen-bond acceptors (Lipinski definition) is 4. The van der Waals surface area contributed by atoms with Gasteiger partial charge in [0.2, 0.25) is 0 Å². The first-order chi connectivity index (χ1) is 32.8. The van der Waals surface area contributed by atoms with E-state index in [1.807, 2.05) is 48.5 Å². The molecule has 0 aliphatic carbocycles. The Morgan fingerprint density at radius 1 is 0.387 bits per heavy atom. The number of rotatable bonds is 5. The summed E-state index contributed by atoms with van der Waals surface area (Å²) in [5.74, 6) is 1.41. The molecule has 0 bridgehead atoms. The zero-order chi connectivity index (χ0) is 45.1. The van der Waals surface area contributed by atoms with Crippen LogP contribution >= 0.6 is 0 Å². The van der Waals surface area contributed by atoms with Gasteiger partial charge in [-0.2, -0.15) is 0 Å². The monoisotopic (exact) mass is 795 g/mol. The molecule has 13 rings (SSSR count). The van der Waals surface area contributed by atoms with Crippen molar-refractivity contribution in [2.75, 3.05) is 0 Å². The molecule has 10 aromatic carbocycles. The summed E-state index contributed by atoms with van der Waals surface area (Å²) in [4.78, 5) is 16.0. The van der Waals surface area contributed by atoms with Crippen LogP contribution in [0.25, 0.3) is 127 Å². The molecule has 3 heterocycles. The first kappa shape index (κ1) is 29.7. The molecule has 0 unspecified atom stereocenters. The van der Waals surface area contributed by atoms with Crippen molar-refractivity contribution in [3.63, 3.8) is 0 Å². The highest BCUT2D eigenvalue weighted by atomic mass is 16.3. The van der Waals surface area contributed by atoms with Crippen molar-refractivity contribution in [2.45, 2.75) is 0 Å². The van der Waals surface area contributed by atoms with Gasteiger partial charge in [0, 0.05) is 43.7 Å². The fourth-order valence-electron chi connectivity index (χ4n) is 9.38. The molecule has 0 spiro atoms. The van der Waals surface area contributed by atoms with Crippen molar-refractivity contribution in [1.29, 1.82) is 0 Å². The molecule has 0 fully saturated rings. The Bertz CT molecular complexity index is 4110. The summed E-state index contributed by atoms with van der Waals surface area (Å²) in [6.07, 6.45) is 0. The fraction of sp³-hybridized carbons (Fsp3) is 0. The molecule has 13 aromatic rings. The second-order valence-electron chi connectivity index (χ2n) is 15.5. The Labute approximate surface area is 362 Å². The number of nitrogens with zero attached hydrogens (tertiary/aromatic N) is 4. The topological polar surface area (TPSA) is 56.7 Å². The Morgan fingerprint density at radius 3 is 1.65 bits per heavy atom. The van der Waals surface area contributed by atoms with Gasteiger partial charge in [-0.3, -0.25) is 0 Å². The lowest BCUT2D eigenvalue weighted by Gasteiger charge is -2.15. The van der Waals surface area contributed by atoms with Crippen LogP contribution in [0, 0.1) is 0 Å². The van der Waals surface area contributed by atoms with Crippen molar-refractivity contribution in [3.05, 3.63) is 206 Å². The van der Waals surface area contributed by atoms with Gasteiger partial charge in [-0.1, -0.05) is 170 Å². The van der Waals surface area contributed by atoms with Gasteiger partial charge in [0.15, 0.2) is 17.5 Å². The molecular formula is C57H34N4O. The lowest BCUT2D eigenvalue weighted by molar-refractivity contribution is 0.669. The van der Waals surface area contributed by atoms with E-state index >= 15 is 0 Å². The maximum absolute atomic E-state index is 8.76. The van der Waals surface area contributed by atoms with Crippen molar-refractivity contribution in [1.82, 2.24) is 19.5 Å². The second kappa shape index (κ2) is 13.6. The lowest BCUT2D eigenvalue weighted by atomic mass is 9.91. The van der Waals surface area contributed by atoms with E-state index in [1.165, 1.54) is 5.39 Å². The van der Waals surface area contributed by atoms with Gasteiger partial charge in [-0.15, -0.1) is 0 Å². The number of benzene rings is 10. The van der Waals surface area contributed by atoms with Crippen LogP contribution in [-0.2, 0) is 0 Å². The van der Waals surface area contributed by atoms with E-state index in [2.05, 4.69) is 120 Å². The maximum Gasteiger partial charge on any atom is 0.167 e. The molecule has 0 amide bonds. The minimum absolute atomic E-state index is 0.101. The smallest absolute Gasteiger partial charge is 0.167 e. The molecule has 288 valence electrons. The third-order valence-electron chi connectivity index (χ3n) is 12.1. The van der Waals surface area contributed by atoms with Crippen LogP contribution in [0.4, 0.5) is 0 Å². The first-order valence-corrected chi connectivity index (χ1v) is 20.5. The predicted molar refractivity (Wildman–Crippen MR) is 256 cm³/mol. The van der Waals surface area contributed by atoms with E-state index in [1.54, 1.807) is 12.1 Å². The standard InChI is InChI=1S/C57H34N4O/c1-3-16-35(17-4-1)37-30-31-44-48-33-38(61-50-28-13-11-23-42(50)43-24-12-14-29-51(43)61)34-49(54(48)62-52(44)32-37)57-59-55(36-18-5-2-6-19-36)58-56(60-57)47-27-15-26-46-41-21-8-7-20-39(41)40-22-9-10-25-45(40)53(46)47/h1-34H/i1D,3D,4D,16D,17D. The molecular weight excluding hydrogens is 757 g/mol. The molecule has 0 aliphatic rings. The lowest BCUT2D eigenvalue weighted by Crippen LogP contribution is -2.02. The minimum atomic E-state index is -0.442. The Kier molecular flexibility index (Phi) is 6.51. The Balaban J connectivity index is 1.14. The van der Waals surface area contributed by atoms with Gasteiger partial charge in [-0.25, -0.2) is 15.0 Å². The normalized spacial score (nSPS) is 13.0. The van der Waals surface area contributed by atoms with Gasteiger partial charge in [-0.05, 0) is 74.5 Å². The summed E-state index contributed by atoms with van der Waals surface area (Å²) in [6, 6.07) is 57.8. The van der Waals surface area contributed by atoms with E-state index in [-0.39, 0.29) is 17.6 Å². The SMILES string of the molecule is [2H]c1c([2H])c([2H])c(-c2ccc3c(c2)oc2c(-c4nc(-c5ccccc5)nc(-c5cccc6c7ccccc7c7ccccc7c56)n4)cc(-n4c5ccccc5c5ccccc54)cc23)c([2H])c1[2H]. The largest absolute Gasteiger partial charge is 0.455 e. The Hall–Kier alpha value is -8.41. The summed E-state index contributed by atoms with van der Waals surface area (Å²) >= 11 is 0. The zero-order valence-electron chi connectivity index (χ0n) is 37.9. The first-order valence-electron chi connectivity index (χ1n) is 23.0. The van der Waals surface area contributed by atoms with Gasteiger partial charge >= 0.3 is 0 Å². The van der Waals surface area contributed by atoms with Crippen LogP contribution in [-0.4, -0.2) is 19.5 Å². The van der Waals surface area contributed by atoms with Crippen LogP contribution in [0.2, 0.25) is 0 Å². The van der Waals surface area contributed by atoms with E-state index in [0.29, 0.717) is 39.8 Å². The quantitative estimate of drug-likeness (QED) is 0.163. The van der Waals surface area contributed by atoms with E-state index in [0.717, 1.165) is 76.3 Å². The second-order valence-corrected chi connectivity index (χ2v) is 15.5. The third-order valence-corrected chi connectivity index (χ3v) is 12.1. The molecule has 0 N–H and O–H groups in total. The molecule has 0 atom stereocenters. The van der Waals surface area contributed by atoms with E-state index in [9.17, 15) is 0 Å². The number of furan rings is 1. The van der Waals surface area contributed by atoms with Crippen molar-refractivity contribution < 1.29 is 11.3 Å². The average Bonchev–Trinajstić information content (AvgIpc) is 3.92. The van der Waals surface area contributed by atoms with Crippen LogP contribution in [0.1, 0.15) is 6.85 Å². The number of para-hydroxylation sites is 2.